The van der Waals surface area contributed by atoms with E-state index in [1.165, 1.54) is 5.57 Å². The second-order valence-corrected chi connectivity index (χ2v) is 10.8. The Bertz CT molecular complexity index is 839. The average Bonchev–Trinajstić information content (AvgIpc) is 3.74. The van der Waals surface area contributed by atoms with E-state index in [4.69, 9.17) is 35.3 Å². The molecule has 1 saturated carbocycles. The summed E-state index contributed by atoms with van der Waals surface area (Å²) < 4.78 is 28.7. The van der Waals surface area contributed by atoms with Crippen LogP contribution < -0.4 is 0 Å². The molecule has 1 aliphatic carbocycles. The van der Waals surface area contributed by atoms with Crippen molar-refractivity contribution in [3.05, 3.63) is 11.6 Å². The standard InChI is InChI=1S/C24H38ClN2O8/c1-16(2)5-6-18-23(3,35-18)21-20(31-4)17(7-8-24(21)14-33-24)34-22(29)26(19(28)13-25)15-27(30)9-11-32-12-10-27/h5,17-18,20-21,30H,6-15H2,1-4H3/q+1/t17-,18?,20-,21-,23-,24+/m1/s1. The predicted molar refractivity (Wildman–Crippen MR) is 125 cm³/mol. The van der Waals surface area contributed by atoms with Crippen LogP contribution in [0.25, 0.3) is 0 Å². The molecule has 1 spiro atoms. The van der Waals surface area contributed by atoms with Crippen LogP contribution in [-0.2, 0) is 28.5 Å². The third kappa shape index (κ3) is 5.53. The lowest BCUT2D eigenvalue weighted by Gasteiger charge is -2.43. The van der Waals surface area contributed by atoms with E-state index >= 15 is 0 Å². The molecule has 0 aromatic rings. The Morgan fingerprint density at radius 2 is 1.97 bits per heavy atom. The van der Waals surface area contributed by atoms with Crippen LogP contribution in [0.2, 0.25) is 0 Å². The van der Waals surface area contributed by atoms with Gasteiger partial charge < -0.3 is 23.7 Å². The molecule has 35 heavy (non-hydrogen) atoms. The molecular weight excluding hydrogens is 480 g/mol. The number of morpholine rings is 1. The van der Waals surface area contributed by atoms with Gasteiger partial charge in [0.25, 0.3) is 5.91 Å². The summed E-state index contributed by atoms with van der Waals surface area (Å²) in [4.78, 5) is 26.7. The molecule has 1 unspecified atom stereocenters. The summed E-state index contributed by atoms with van der Waals surface area (Å²) in [6.07, 6.45) is 2.32. The van der Waals surface area contributed by atoms with E-state index in [2.05, 4.69) is 26.8 Å². The monoisotopic (exact) mass is 517 g/mol. The zero-order valence-electron chi connectivity index (χ0n) is 21.0. The number of hydrogen-bond acceptors (Lipinski definition) is 8. The fraction of sp³-hybridized carbons (Fsp3) is 0.833. The molecule has 0 aromatic carbocycles. The lowest BCUT2D eigenvalue weighted by molar-refractivity contribution is -1.11. The van der Waals surface area contributed by atoms with Gasteiger partial charge >= 0.3 is 6.09 Å². The Morgan fingerprint density at radius 3 is 2.54 bits per heavy atom. The summed E-state index contributed by atoms with van der Waals surface area (Å²) in [5, 5.41) is 10.8. The Labute approximate surface area is 211 Å². The number of hydrogen-bond donors (Lipinski definition) is 1. The second-order valence-electron chi connectivity index (χ2n) is 10.6. The first-order valence-electron chi connectivity index (χ1n) is 12.3. The molecule has 3 aliphatic heterocycles. The first-order chi connectivity index (χ1) is 16.6. The van der Waals surface area contributed by atoms with Gasteiger partial charge in [-0.3, -0.25) is 4.79 Å². The number of amides is 2. The number of carbonyl (C=O) groups excluding carboxylic acids is 2. The highest BCUT2D eigenvalue weighted by molar-refractivity contribution is 6.28. The molecule has 3 heterocycles. The van der Waals surface area contributed by atoms with Crippen LogP contribution in [0.5, 0.6) is 0 Å². The third-order valence-electron chi connectivity index (χ3n) is 7.83. The van der Waals surface area contributed by atoms with E-state index in [0.29, 0.717) is 32.7 Å². The van der Waals surface area contributed by atoms with Gasteiger partial charge in [-0.1, -0.05) is 11.6 Å². The van der Waals surface area contributed by atoms with Crippen molar-refractivity contribution in [2.45, 2.75) is 69.5 Å². The minimum atomic E-state index is -0.838. The maximum Gasteiger partial charge on any atom is 0.421 e. The molecule has 4 rings (SSSR count). The molecule has 0 aromatic heterocycles. The van der Waals surface area contributed by atoms with Crippen molar-refractivity contribution in [3.63, 3.8) is 0 Å². The molecule has 0 radical (unpaired) electrons. The highest BCUT2D eigenvalue weighted by Crippen LogP contribution is 2.59. The zero-order chi connectivity index (χ0) is 25.4. The minimum Gasteiger partial charge on any atom is -0.443 e. The molecule has 3 saturated heterocycles. The number of hydroxylamine groups is 3. The Morgan fingerprint density at radius 1 is 1.29 bits per heavy atom. The number of allylic oxidation sites excluding steroid dienone is 1. The van der Waals surface area contributed by atoms with Crippen LogP contribution in [-0.4, -0.2) is 109 Å². The first-order valence-corrected chi connectivity index (χ1v) is 12.8. The van der Waals surface area contributed by atoms with E-state index in [1.54, 1.807) is 7.11 Å². The number of imide groups is 1. The lowest BCUT2D eigenvalue weighted by Crippen LogP contribution is -2.61. The van der Waals surface area contributed by atoms with E-state index in [-0.39, 0.29) is 37.4 Å². The van der Waals surface area contributed by atoms with E-state index in [1.807, 2.05) is 0 Å². The van der Waals surface area contributed by atoms with Gasteiger partial charge in [0.05, 0.1) is 31.8 Å². The topological polar surface area (TPSA) is 110 Å². The van der Waals surface area contributed by atoms with Gasteiger partial charge in [-0.05, 0) is 40.0 Å². The van der Waals surface area contributed by atoms with Crippen molar-refractivity contribution in [2.24, 2.45) is 5.92 Å². The number of methoxy groups -OCH3 is 1. The van der Waals surface area contributed by atoms with E-state index in [9.17, 15) is 14.8 Å². The highest BCUT2D eigenvalue weighted by Gasteiger charge is 2.72. The van der Waals surface area contributed by atoms with Crippen LogP contribution >= 0.6 is 11.6 Å². The lowest BCUT2D eigenvalue weighted by atomic mass is 9.68. The van der Waals surface area contributed by atoms with Crippen molar-refractivity contribution in [2.75, 3.05) is 52.6 Å². The Hall–Kier alpha value is -1.27. The number of halogens is 1. The van der Waals surface area contributed by atoms with Crippen molar-refractivity contribution in [3.8, 4) is 0 Å². The fourth-order valence-electron chi connectivity index (χ4n) is 5.66. The van der Waals surface area contributed by atoms with E-state index in [0.717, 1.165) is 11.3 Å². The van der Waals surface area contributed by atoms with Crippen LogP contribution in [0.1, 0.15) is 40.0 Å². The minimum absolute atomic E-state index is 0.0324. The smallest absolute Gasteiger partial charge is 0.421 e. The number of epoxide rings is 2. The SMILES string of the molecule is CO[C@@H]1[C@H](OC(=O)N(C[N+]2(O)CCOCC2)C(=O)CCl)CC[C@]2(CO2)[C@H]1[C@]1(C)OC1CC=C(C)C. The van der Waals surface area contributed by atoms with Crippen molar-refractivity contribution in [1.29, 1.82) is 0 Å². The Kier molecular flexibility index (Phi) is 7.84. The van der Waals surface area contributed by atoms with E-state index < -0.39 is 40.3 Å². The number of ether oxygens (including phenoxy) is 5. The van der Waals surface area contributed by atoms with Gasteiger partial charge in [0.1, 0.15) is 42.4 Å². The van der Waals surface area contributed by atoms with Crippen LogP contribution in [0.4, 0.5) is 4.79 Å². The molecule has 10 nitrogen and oxygen atoms in total. The van der Waals surface area contributed by atoms with Gasteiger partial charge in [-0.25, -0.2) is 10.0 Å². The summed E-state index contributed by atoms with van der Waals surface area (Å²) in [5.74, 6) is -1.16. The summed E-state index contributed by atoms with van der Waals surface area (Å²) >= 11 is 5.78. The summed E-state index contributed by atoms with van der Waals surface area (Å²) in [6.45, 7) is 7.74. The van der Waals surface area contributed by atoms with Crippen molar-refractivity contribution >= 4 is 23.6 Å². The van der Waals surface area contributed by atoms with Crippen molar-refractivity contribution < 1.29 is 43.1 Å². The molecule has 4 aliphatic rings. The molecule has 0 bridgehead atoms. The maximum atomic E-state index is 13.2. The molecule has 2 amide bonds. The number of rotatable bonds is 8. The van der Waals surface area contributed by atoms with Gasteiger partial charge in [0.15, 0.2) is 6.67 Å². The Balaban J connectivity index is 1.49. The third-order valence-corrected chi connectivity index (χ3v) is 8.06. The van der Waals surface area contributed by atoms with Crippen LogP contribution in [0.15, 0.2) is 11.6 Å². The molecule has 6 atom stereocenters. The number of nitrogens with zero attached hydrogens (tertiary/aromatic N) is 2. The molecule has 4 fully saturated rings. The maximum absolute atomic E-state index is 13.2. The van der Waals surface area contributed by atoms with Crippen molar-refractivity contribution in [1.82, 2.24) is 4.90 Å². The quantitative estimate of drug-likeness (QED) is 0.226. The number of quaternary nitrogens is 1. The van der Waals surface area contributed by atoms with Gasteiger partial charge in [-0.2, -0.15) is 9.55 Å². The highest BCUT2D eigenvalue weighted by atomic mass is 35.5. The van der Waals surface area contributed by atoms with Gasteiger partial charge in [-0.15, -0.1) is 11.6 Å². The number of carbonyl (C=O) groups is 2. The van der Waals surface area contributed by atoms with Gasteiger partial charge in [0.2, 0.25) is 0 Å². The fourth-order valence-corrected chi connectivity index (χ4v) is 5.81. The summed E-state index contributed by atoms with van der Waals surface area (Å²) in [6, 6.07) is 0. The van der Waals surface area contributed by atoms with Crippen LogP contribution in [0, 0.1) is 5.92 Å². The molecule has 11 heteroatoms. The average molecular weight is 518 g/mol. The van der Waals surface area contributed by atoms with Gasteiger partial charge in [0, 0.05) is 7.11 Å². The molecular formula is C24H38ClN2O8+. The predicted octanol–water partition coefficient (Wildman–Crippen LogP) is 2.46. The zero-order valence-corrected chi connectivity index (χ0v) is 21.8. The van der Waals surface area contributed by atoms with Crippen LogP contribution in [0.3, 0.4) is 0 Å². The second kappa shape index (κ2) is 10.2. The molecule has 198 valence electrons. The largest absolute Gasteiger partial charge is 0.443 e. The normalized spacial score (nSPS) is 37.4. The number of alkyl halides is 1. The summed E-state index contributed by atoms with van der Waals surface area (Å²) in [7, 11) is 1.60. The molecule has 1 N–H and O–H groups in total. The first kappa shape index (κ1) is 26.8. The summed E-state index contributed by atoms with van der Waals surface area (Å²) in [5.41, 5.74) is 0.416.